The van der Waals surface area contributed by atoms with Crippen LogP contribution in [0.25, 0.3) is 16.9 Å². The summed E-state index contributed by atoms with van der Waals surface area (Å²) in [5.74, 6) is -1.11. The number of benzene rings is 1. The van der Waals surface area contributed by atoms with E-state index in [-0.39, 0.29) is 25.3 Å². The first-order chi connectivity index (χ1) is 12.8. The number of rotatable bonds is 6. The monoisotopic (exact) mass is 385 g/mol. The van der Waals surface area contributed by atoms with Crippen LogP contribution in [-0.2, 0) is 16.0 Å². The standard InChI is InChI=1S/C20H20ClN3O3/c1-13-3-5-14(6-4-13)20-16(11-18(25)23(2)10-9-19(26)27)24-12-15(21)7-8-17(24)22-20/h3-8,12H,9-11H2,1-2H3,(H,26,27). The Balaban J connectivity index is 2.00. The number of hydrogen-bond acceptors (Lipinski definition) is 3. The van der Waals surface area contributed by atoms with Crippen molar-refractivity contribution in [3.05, 3.63) is 58.9 Å². The second kappa shape index (κ2) is 7.80. The average molecular weight is 386 g/mol. The minimum atomic E-state index is -0.934. The van der Waals surface area contributed by atoms with Crippen molar-refractivity contribution in [1.82, 2.24) is 14.3 Å². The maximum absolute atomic E-state index is 12.6. The van der Waals surface area contributed by atoms with Crippen LogP contribution in [0.5, 0.6) is 0 Å². The lowest BCUT2D eigenvalue weighted by Crippen LogP contribution is -2.30. The third-order valence-electron chi connectivity index (χ3n) is 4.41. The molecule has 2 aromatic heterocycles. The van der Waals surface area contributed by atoms with Crippen molar-refractivity contribution in [1.29, 1.82) is 0 Å². The molecule has 27 heavy (non-hydrogen) atoms. The Morgan fingerprint density at radius 2 is 1.89 bits per heavy atom. The van der Waals surface area contributed by atoms with Crippen LogP contribution in [0.1, 0.15) is 17.7 Å². The Morgan fingerprint density at radius 3 is 2.56 bits per heavy atom. The van der Waals surface area contributed by atoms with Gasteiger partial charge in [-0.15, -0.1) is 0 Å². The topological polar surface area (TPSA) is 74.9 Å². The number of fused-ring (bicyclic) bond motifs is 1. The van der Waals surface area contributed by atoms with Gasteiger partial charge in [0.1, 0.15) is 5.65 Å². The molecule has 0 aliphatic carbocycles. The first-order valence-corrected chi connectivity index (χ1v) is 8.92. The highest BCUT2D eigenvalue weighted by Gasteiger charge is 2.19. The number of carboxylic acids is 1. The molecule has 0 unspecified atom stereocenters. The lowest BCUT2D eigenvalue weighted by atomic mass is 10.1. The van der Waals surface area contributed by atoms with E-state index in [0.717, 1.165) is 22.5 Å². The Bertz CT molecular complexity index is 996. The zero-order chi connectivity index (χ0) is 19.6. The van der Waals surface area contributed by atoms with Crippen molar-refractivity contribution >= 4 is 29.1 Å². The van der Waals surface area contributed by atoms with Gasteiger partial charge in [-0.05, 0) is 19.1 Å². The molecule has 1 aromatic carbocycles. The molecule has 2 heterocycles. The van der Waals surface area contributed by atoms with E-state index in [9.17, 15) is 9.59 Å². The number of hydrogen-bond donors (Lipinski definition) is 1. The molecule has 0 fully saturated rings. The molecule has 0 atom stereocenters. The summed E-state index contributed by atoms with van der Waals surface area (Å²) in [5, 5.41) is 9.37. The average Bonchev–Trinajstić information content (AvgIpc) is 2.98. The molecular formula is C20H20ClN3O3. The maximum atomic E-state index is 12.6. The second-order valence-corrected chi connectivity index (χ2v) is 6.92. The molecule has 140 valence electrons. The number of aromatic nitrogens is 2. The molecule has 0 bridgehead atoms. The van der Waals surface area contributed by atoms with Crippen molar-refractivity contribution < 1.29 is 14.7 Å². The van der Waals surface area contributed by atoms with E-state index >= 15 is 0 Å². The van der Waals surface area contributed by atoms with Gasteiger partial charge in [0.15, 0.2) is 0 Å². The van der Waals surface area contributed by atoms with Crippen LogP contribution < -0.4 is 0 Å². The normalized spacial score (nSPS) is 10.9. The summed E-state index contributed by atoms with van der Waals surface area (Å²) in [6.07, 6.45) is 1.74. The SMILES string of the molecule is Cc1ccc(-c2nc3ccc(Cl)cn3c2CC(=O)N(C)CCC(=O)O)cc1. The number of carboxylic acid groups (broad SMARTS) is 1. The Labute approximate surface area is 162 Å². The maximum Gasteiger partial charge on any atom is 0.305 e. The molecule has 1 N–H and O–H groups in total. The van der Waals surface area contributed by atoms with Crippen LogP contribution >= 0.6 is 11.6 Å². The first kappa shape index (κ1) is 18.9. The number of carbonyl (C=O) groups excluding carboxylic acids is 1. The van der Waals surface area contributed by atoms with Crippen molar-refractivity contribution in [2.24, 2.45) is 0 Å². The number of likely N-dealkylation sites (N-methyl/N-ethyl adjacent to an activating group) is 1. The van der Waals surface area contributed by atoms with Crippen molar-refractivity contribution in [3.8, 4) is 11.3 Å². The highest BCUT2D eigenvalue weighted by atomic mass is 35.5. The zero-order valence-corrected chi connectivity index (χ0v) is 15.9. The van der Waals surface area contributed by atoms with E-state index in [1.807, 2.05) is 41.7 Å². The molecule has 0 saturated heterocycles. The van der Waals surface area contributed by atoms with Crippen LogP contribution in [0.2, 0.25) is 5.02 Å². The summed E-state index contributed by atoms with van der Waals surface area (Å²) < 4.78 is 1.82. The van der Waals surface area contributed by atoms with E-state index in [0.29, 0.717) is 10.7 Å². The van der Waals surface area contributed by atoms with Crippen molar-refractivity contribution in [3.63, 3.8) is 0 Å². The van der Waals surface area contributed by atoms with Gasteiger partial charge in [-0.3, -0.25) is 9.59 Å². The summed E-state index contributed by atoms with van der Waals surface area (Å²) in [6.45, 7) is 2.17. The first-order valence-electron chi connectivity index (χ1n) is 8.54. The number of aliphatic carboxylic acids is 1. The number of nitrogens with zero attached hydrogens (tertiary/aromatic N) is 3. The van der Waals surface area contributed by atoms with Crippen molar-refractivity contribution in [2.45, 2.75) is 19.8 Å². The number of amides is 1. The minimum Gasteiger partial charge on any atom is -0.481 e. The van der Waals surface area contributed by atoms with E-state index in [1.54, 1.807) is 19.3 Å². The number of carbonyl (C=O) groups is 2. The van der Waals surface area contributed by atoms with Gasteiger partial charge in [-0.1, -0.05) is 41.4 Å². The van der Waals surface area contributed by atoms with Crippen LogP contribution in [0.15, 0.2) is 42.6 Å². The number of imidazole rings is 1. The number of halogens is 1. The van der Waals surface area contributed by atoms with Gasteiger partial charge in [0, 0.05) is 25.4 Å². The van der Waals surface area contributed by atoms with E-state index in [2.05, 4.69) is 4.98 Å². The quantitative estimate of drug-likeness (QED) is 0.705. The van der Waals surface area contributed by atoms with E-state index < -0.39 is 5.97 Å². The molecule has 3 rings (SSSR count). The van der Waals surface area contributed by atoms with Crippen LogP contribution in [0, 0.1) is 6.92 Å². The van der Waals surface area contributed by atoms with Crippen LogP contribution in [0.3, 0.4) is 0 Å². The van der Waals surface area contributed by atoms with Gasteiger partial charge in [0.25, 0.3) is 0 Å². The highest BCUT2D eigenvalue weighted by Crippen LogP contribution is 2.27. The molecular weight excluding hydrogens is 366 g/mol. The molecule has 3 aromatic rings. The Kier molecular flexibility index (Phi) is 5.46. The number of pyridine rings is 1. The predicted molar refractivity (Wildman–Crippen MR) is 104 cm³/mol. The van der Waals surface area contributed by atoms with Gasteiger partial charge < -0.3 is 14.4 Å². The van der Waals surface area contributed by atoms with E-state index in [1.165, 1.54) is 4.90 Å². The third-order valence-corrected chi connectivity index (χ3v) is 4.64. The lowest BCUT2D eigenvalue weighted by molar-refractivity contribution is -0.138. The highest BCUT2D eigenvalue weighted by molar-refractivity contribution is 6.30. The van der Waals surface area contributed by atoms with Gasteiger partial charge in [0.05, 0.1) is 29.3 Å². The summed E-state index contributed by atoms with van der Waals surface area (Å²) in [7, 11) is 1.60. The summed E-state index contributed by atoms with van der Waals surface area (Å²) in [4.78, 5) is 29.5. The largest absolute Gasteiger partial charge is 0.481 e. The number of aryl methyl sites for hydroxylation is 1. The van der Waals surface area contributed by atoms with Gasteiger partial charge in [-0.25, -0.2) is 4.98 Å². The Morgan fingerprint density at radius 1 is 1.19 bits per heavy atom. The molecule has 0 aliphatic rings. The predicted octanol–water partition coefficient (Wildman–Crippen LogP) is 3.44. The molecule has 1 amide bonds. The van der Waals surface area contributed by atoms with Gasteiger partial charge in [0.2, 0.25) is 5.91 Å². The zero-order valence-electron chi connectivity index (χ0n) is 15.1. The fourth-order valence-electron chi connectivity index (χ4n) is 2.85. The van der Waals surface area contributed by atoms with Gasteiger partial charge >= 0.3 is 5.97 Å². The second-order valence-electron chi connectivity index (χ2n) is 6.48. The summed E-state index contributed by atoms with van der Waals surface area (Å²) >= 11 is 6.14. The fraction of sp³-hybridized carbons (Fsp3) is 0.250. The molecule has 6 nitrogen and oxygen atoms in total. The summed E-state index contributed by atoms with van der Waals surface area (Å²) in [5.41, 5.74) is 4.19. The third kappa shape index (κ3) is 4.28. The van der Waals surface area contributed by atoms with Crippen LogP contribution in [-0.4, -0.2) is 44.9 Å². The lowest BCUT2D eigenvalue weighted by Gasteiger charge is -2.16. The fourth-order valence-corrected chi connectivity index (χ4v) is 3.01. The Hall–Kier alpha value is -2.86. The molecule has 0 radical (unpaired) electrons. The van der Waals surface area contributed by atoms with Gasteiger partial charge in [-0.2, -0.15) is 0 Å². The minimum absolute atomic E-state index is 0.0912. The van der Waals surface area contributed by atoms with Crippen molar-refractivity contribution in [2.75, 3.05) is 13.6 Å². The smallest absolute Gasteiger partial charge is 0.305 e. The van der Waals surface area contributed by atoms with E-state index in [4.69, 9.17) is 16.7 Å². The molecule has 0 saturated carbocycles. The molecule has 0 spiro atoms. The summed E-state index contributed by atoms with van der Waals surface area (Å²) in [6, 6.07) is 11.5. The molecule has 7 heteroatoms. The van der Waals surface area contributed by atoms with Crippen LogP contribution in [0.4, 0.5) is 0 Å². The molecule has 0 aliphatic heterocycles.